The van der Waals surface area contributed by atoms with Crippen molar-refractivity contribution in [1.29, 1.82) is 0 Å². The van der Waals surface area contributed by atoms with Gasteiger partial charge in [-0.1, -0.05) is 0 Å². The first-order chi connectivity index (χ1) is 4.28. The third-order valence-electron chi connectivity index (χ3n) is 2.77. The Morgan fingerprint density at radius 2 is 2.33 bits per heavy atom. The molecule has 2 nitrogen and oxygen atoms in total. The summed E-state index contributed by atoms with van der Waals surface area (Å²) in [6.07, 6.45) is 2.92. The van der Waals surface area contributed by atoms with E-state index in [1.807, 2.05) is 0 Å². The third-order valence-corrected chi connectivity index (χ3v) is 2.77. The molecule has 0 amide bonds. The van der Waals surface area contributed by atoms with Gasteiger partial charge in [0.05, 0.1) is 6.61 Å². The fraction of sp³-hybridized carbons (Fsp3) is 1.00. The molecule has 2 heteroatoms. The zero-order valence-electron chi connectivity index (χ0n) is 5.34. The third kappa shape index (κ3) is 0.700. The summed E-state index contributed by atoms with van der Waals surface area (Å²) < 4.78 is 0. The van der Waals surface area contributed by atoms with Gasteiger partial charge in [0.15, 0.2) is 0 Å². The number of hydrogen-bond acceptors (Lipinski definition) is 1. The van der Waals surface area contributed by atoms with Crippen LogP contribution in [0.1, 0.15) is 19.3 Å². The molecule has 2 aliphatic rings. The second-order valence-electron chi connectivity index (χ2n) is 3.39. The van der Waals surface area contributed by atoms with Gasteiger partial charge in [0.1, 0.15) is 6.10 Å². The highest BCUT2D eigenvalue weighted by molar-refractivity contribution is 5.14. The molecule has 2 saturated carbocycles. The summed E-state index contributed by atoms with van der Waals surface area (Å²) in [6, 6.07) is 0. The lowest BCUT2D eigenvalue weighted by Crippen LogP contribution is -2.13. The molecule has 0 aromatic heterocycles. The van der Waals surface area contributed by atoms with E-state index in [0.29, 0.717) is 11.3 Å². The van der Waals surface area contributed by atoms with Crippen molar-refractivity contribution in [2.24, 2.45) is 11.3 Å². The lowest BCUT2D eigenvalue weighted by atomic mass is 10.2. The van der Waals surface area contributed by atoms with E-state index >= 15 is 0 Å². The van der Waals surface area contributed by atoms with E-state index in [0.717, 1.165) is 6.42 Å². The first-order valence-corrected chi connectivity index (χ1v) is 3.55. The van der Waals surface area contributed by atoms with E-state index in [1.165, 1.54) is 12.8 Å². The van der Waals surface area contributed by atoms with Gasteiger partial charge in [0, 0.05) is 0 Å². The van der Waals surface area contributed by atoms with Crippen LogP contribution in [-0.4, -0.2) is 17.8 Å². The van der Waals surface area contributed by atoms with Crippen LogP contribution in [0.25, 0.3) is 0 Å². The van der Waals surface area contributed by atoms with Crippen LogP contribution in [0.2, 0.25) is 0 Å². The van der Waals surface area contributed by atoms with Gasteiger partial charge in [-0.3, -0.25) is 0 Å². The minimum atomic E-state index is -0.674. The molecule has 0 aromatic carbocycles. The van der Waals surface area contributed by atoms with Crippen LogP contribution in [0.4, 0.5) is 0 Å². The van der Waals surface area contributed by atoms with Crippen LogP contribution in [0.15, 0.2) is 0 Å². The molecule has 9 heavy (non-hydrogen) atoms. The topological polar surface area (TPSA) is 40.1 Å². The molecule has 0 heterocycles. The van der Waals surface area contributed by atoms with Gasteiger partial charge >= 0.3 is 0 Å². The van der Waals surface area contributed by atoms with Crippen molar-refractivity contribution in [1.82, 2.24) is 0 Å². The molecular formula is C7H11O2. The van der Waals surface area contributed by atoms with Gasteiger partial charge in [-0.25, -0.2) is 5.11 Å². The van der Waals surface area contributed by atoms with E-state index < -0.39 is 6.10 Å². The maximum atomic E-state index is 10.9. The van der Waals surface area contributed by atoms with Gasteiger partial charge in [-0.2, -0.15) is 0 Å². The fourth-order valence-electron chi connectivity index (χ4n) is 1.77. The SMILES string of the molecule is [O]C(CO)C1CC12CC2. The van der Waals surface area contributed by atoms with Crippen LogP contribution in [0, 0.1) is 11.3 Å². The molecule has 2 fully saturated rings. The zero-order valence-corrected chi connectivity index (χ0v) is 5.34. The van der Waals surface area contributed by atoms with Gasteiger partial charge in [0.2, 0.25) is 0 Å². The molecule has 2 aliphatic carbocycles. The zero-order chi connectivity index (χ0) is 6.48. The van der Waals surface area contributed by atoms with Crippen molar-refractivity contribution >= 4 is 0 Å². The number of aliphatic hydroxyl groups excluding tert-OH is 1. The molecule has 0 aromatic rings. The van der Waals surface area contributed by atoms with Gasteiger partial charge in [0.25, 0.3) is 0 Å². The minimum absolute atomic E-state index is 0.160. The molecule has 0 aliphatic heterocycles. The van der Waals surface area contributed by atoms with E-state index in [2.05, 4.69) is 0 Å². The average molecular weight is 127 g/mol. The lowest BCUT2D eigenvalue weighted by Gasteiger charge is -1.99. The van der Waals surface area contributed by atoms with Crippen molar-refractivity contribution in [2.75, 3.05) is 6.61 Å². The second-order valence-corrected chi connectivity index (χ2v) is 3.39. The Labute approximate surface area is 54.5 Å². The molecule has 2 rings (SSSR count). The Balaban J connectivity index is 1.89. The second kappa shape index (κ2) is 1.50. The van der Waals surface area contributed by atoms with Crippen molar-refractivity contribution < 1.29 is 10.2 Å². The first-order valence-electron chi connectivity index (χ1n) is 3.55. The smallest absolute Gasteiger partial charge is 0.119 e. The first kappa shape index (κ1) is 5.69. The maximum absolute atomic E-state index is 10.9. The van der Waals surface area contributed by atoms with Crippen LogP contribution in [-0.2, 0) is 5.11 Å². The van der Waals surface area contributed by atoms with E-state index in [9.17, 15) is 5.11 Å². The molecule has 2 atom stereocenters. The van der Waals surface area contributed by atoms with Gasteiger partial charge in [-0.15, -0.1) is 0 Å². The van der Waals surface area contributed by atoms with Crippen LogP contribution in [0.5, 0.6) is 0 Å². The Hall–Kier alpha value is -0.0800. The largest absolute Gasteiger partial charge is 0.394 e. The monoisotopic (exact) mass is 127 g/mol. The molecular weight excluding hydrogens is 116 g/mol. The summed E-state index contributed by atoms with van der Waals surface area (Å²) in [5.74, 6) is 0.336. The minimum Gasteiger partial charge on any atom is -0.394 e. The van der Waals surface area contributed by atoms with E-state index in [1.54, 1.807) is 0 Å². The Kier molecular flexibility index (Phi) is 0.945. The van der Waals surface area contributed by atoms with E-state index in [-0.39, 0.29) is 6.61 Å². The molecule has 1 radical (unpaired) electrons. The molecule has 51 valence electrons. The fourth-order valence-corrected chi connectivity index (χ4v) is 1.77. The highest BCUT2D eigenvalue weighted by Gasteiger charge is 2.65. The summed E-state index contributed by atoms with van der Waals surface area (Å²) in [5.41, 5.74) is 0.467. The van der Waals surface area contributed by atoms with Crippen molar-refractivity contribution in [3.63, 3.8) is 0 Å². The summed E-state index contributed by atoms with van der Waals surface area (Å²) in [7, 11) is 0. The molecule has 0 bridgehead atoms. The molecule has 1 spiro atoms. The summed E-state index contributed by atoms with van der Waals surface area (Å²) >= 11 is 0. The Morgan fingerprint density at radius 1 is 1.67 bits per heavy atom. The summed E-state index contributed by atoms with van der Waals surface area (Å²) in [5, 5.41) is 19.4. The molecule has 2 unspecified atom stereocenters. The summed E-state index contributed by atoms with van der Waals surface area (Å²) in [6.45, 7) is -0.160. The predicted molar refractivity (Wildman–Crippen MR) is 31.3 cm³/mol. The predicted octanol–water partition coefficient (Wildman–Crippen LogP) is 0.578. The quantitative estimate of drug-likeness (QED) is 0.579. The standard InChI is InChI=1S/C7H11O2/c8-4-6(9)5-3-7(5)1-2-7/h5-6,8H,1-4H2. The van der Waals surface area contributed by atoms with Crippen molar-refractivity contribution in [2.45, 2.75) is 25.4 Å². The van der Waals surface area contributed by atoms with Crippen LogP contribution >= 0.6 is 0 Å². The average Bonchev–Trinajstić information content (AvgIpc) is 2.74. The van der Waals surface area contributed by atoms with Gasteiger partial charge in [-0.05, 0) is 30.6 Å². The van der Waals surface area contributed by atoms with Crippen LogP contribution in [0.3, 0.4) is 0 Å². The number of hydrogen-bond donors (Lipinski definition) is 1. The number of rotatable bonds is 2. The highest BCUT2D eigenvalue weighted by Crippen LogP contribution is 2.71. The normalized spacial score (nSPS) is 38.7. The van der Waals surface area contributed by atoms with E-state index in [4.69, 9.17) is 5.11 Å². The summed E-state index contributed by atoms with van der Waals surface area (Å²) in [4.78, 5) is 0. The van der Waals surface area contributed by atoms with Crippen LogP contribution < -0.4 is 0 Å². The molecule has 1 N–H and O–H groups in total. The number of aliphatic hydroxyl groups is 1. The van der Waals surface area contributed by atoms with Crippen molar-refractivity contribution in [3.8, 4) is 0 Å². The highest BCUT2D eigenvalue weighted by atomic mass is 16.3. The maximum Gasteiger partial charge on any atom is 0.119 e. The Bertz CT molecular complexity index is 129. The molecule has 0 saturated heterocycles. The van der Waals surface area contributed by atoms with Crippen molar-refractivity contribution in [3.05, 3.63) is 0 Å². The Morgan fingerprint density at radius 3 is 2.67 bits per heavy atom. The lowest BCUT2D eigenvalue weighted by molar-refractivity contribution is 0.0146. The van der Waals surface area contributed by atoms with Gasteiger partial charge < -0.3 is 5.11 Å².